The molecule has 12 heteroatoms. The lowest BCUT2D eigenvalue weighted by molar-refractivity contribution is -0.389. The quantitative estimate of drug-likeness (QED) is 0.301. The normalized spacial score (nSPS) is 43.4. The van der Waals surface area contributed by atoms with Gasteiger partial charge in [-0.15, -0.1) is 0 Å². The van der Waals surface area contributed by atoms with E-state index in [2.05, 4.69) is 20.6 Å². The Morgan fingerprint density at radius 1 is 1.00 bits per heavy atom. The van der Waals surface area contributed by atoms with E-state index in [9.17, 15) is 10.2 Å². The molecule has 0 radical (unpaired) electrons. The molecule has 0 aliphatic carbocycles. The van der Waals surface area contributed by atoms with Crippen LogP contribution in [-0.4, -0.2) is 93.2 Å². The van der Waals surface area contributed by atoms with Crippen LogP contribution in [-0.2, 0) is 19.2 Å². The Hall–Kier alpha value is -0.600. The maximum atomic E-state index is 10.6. The van der Waals surface area contributed by atoms with E-state index in [-0.39, 0.29) is 23.0 Å². The highest BCUT2D eigenvalue weighted by molar-refractivity contribution is 8.14. The summed E-state index contributed by atoms with van der Waals surface area (Å²) in [7, 11) is 0. The molecule has 4 saturated heterocycles. The topological polar surface area (TPSA) is 126 Å². The van der Waals surface area contributed by atoms with Gasteiger partial charge in [0.05, 0.1) is 24.3 Å². The summed E-state index contributed by atoms with van der Waals surface area (Å²) in [5.41, 5.74) is -0.247. The van der Waals surface area contributed by atoms with Crippen LogP contribution in [0, 0.1) is 0 Å². The highest BCUT2D eigenvalue weighted by Gasteiger charge is 2.48. The summed E-state index contributed by atoms with van der Waals surface area (Å²) in [6.07, 6.45) is -2.28. The van der Waals surface area contributed by atoms with Crippen LogP contribution in [0.25, 0.3) is 0 Å². The van der Waals surface area contributed by atoms with Gasteiger partial charge in [-0.1, -0.05) is 23.5 Å². The van der Waals surface area contributed by atoms with Gasteiger partial charge in [-0.05, 0) is 34.1 Å². The van der Waals surface area contributed by atoms with E-state index in [1.807, 2.05) is 20.8 Å². The fourth-order valence-corrected chi connectivity index (χ4v) is 6.71. The van der Waals surface area contributed by atoms with Crippen molar-refractivity contribution in [2.75, 3.05) is 13.1 Å². The molecule has 4 aliphatic rings. The number of nitrogens with one attached hydrogen (secondary N) is 2. The van der Waals surface area contributed by atoms with E-state index in [0.717, 1.165) is 10.3 Å². The van der Waals surface area contributed by atoms with Gasteiger partial charge in [0.15, 0.2) is 10.3 Å². The summed E-state index contributed by atoms with van der Waals surface area (Å²) in [4.78, 5) is 20.3. The Bertz CT molecular complexity index is 714. The summed E-state index contributed by atoms with van der Waals surface area (Å²) < 4.78 is 12.2. The number of rotatable bonds is 7. The Balaban J connectivity index is 1.34. The second-order valence-corrected chi connectivity index (χ2v) is 10.6. The number of amidine groups is 2. The number of aliphatic hydroxyl groups excluding tert-OH is 2. The van der Waals surface area contributed by atoms with Crippen molar-refractivity contribution in [3.05, 3.63) is 0 Å². The molecule has 4 heterocycles. The third-order valence-corrected chi connectivity index (χ3v) is 8.20. The van der Waals surface area contributed by atoms with Gasteiger partial charge < -0.3 is 30.3 Å². The fourth-order valence-electron chi connectivity index (χ4n) is 4.37. The highest BCUT2D eigenvalue weighted by atomic mass is 32.2. The van der Waals surface area contributed by atoms with E-state index in [1.165, 1.54) is 0 Å². The predicted octanol–water partition coefficient (Wildman–Crippen LogP) is 0.825. The van der Waals surface area contributed by atoms with Crippen LogP contribution in [0.1, 0.15) is 40.5 Å². The lowest BCUT2D eigenvalue weighted by Crippen LogP contribution is -2.54. The lowest BCUT2D eigenvalue weighted by Gasteiger charge is -2.40. The lowest BCUT2D eigenvalue weighted by atomic mass is 9.98. The molecule has 0 spiro atoms. The Morgan fingerprint density at radius 3 is 2.12 bits per heavy atom. The second kappa shape index (κ2) is 10.8. The number of aliphatic hydroxyl groups is 2. The molecular formula is C20H34N4O6S2. The molecule has 0 aromatic rings. The Labute approximate surface area is 197 Å². The summed E-state index contributed by atoms with van der Waals surface area (Å²) in [5, 5.41) is 29.3. The number of thioether (sulfide) groups is 2. The molecule has 4 rings (SSSR count). The number of aliphatic imine (C=N–C) groups is 2. The molecule has 0 amide bonds. The molecule has 4 fully saturated rings. The van der Waals surface area contributed by atoms with Gasteiger partial charge in [0.2, 0.25) is 0 Å². The molecule has 0 aromatic carbocycles. The molecular weight excluding hydrogens is 456 g/mol. The fraction of sp³-hybridized carbons (Fsp3) is 0.900. The Morgan fingerprint density at radius 2 is 1.56 bits per heavy atom. The third-order valence-electron chi connectivity index (χ3n) is 5.91. The molecule has 0 unspecified atom stereocenters. The van der Waals surface area contributed by atoms with Gasteiger partial charge in [0.25, 0.3) is 0 Å². The van der Waals surface area contributed by atoms with Crippen LogP contribution in [0.2, 0.25) is 0 Å². The highest BCUT2D eigenvalue weighted by Crippen LogP contribution is 2.37. The monoisotopic (exact) mass is 490 g/mol. The minimum absolute atomic E-state index is 0.0258. The van der Waals surface area contributed by atoms with Crippen molar-refractivity contribution in [1.82, 2.24) is 10.6 Å². The first-order valence-corrected chi connectivity index (χ1v) is 13.1. The van der Waals surface area contributed by atoms with Crippen LogP contribution in [0.4, 0.5) is 0 Å². The maximum Gasteiger partial charge on any atom is 0.159 e. The zero-order valence-electron chi connectivity index (χ0n) is 18.8. The minimum atomic E-state index is -0.720. The molecule has 10 atom stereocenters. The van der Waals surface area contributed by atoms with Gasteiger partial charge >= 0.3 is 0 Å². The molecule has 0 bridgehead atoms. The van der Waals surface area contributed by atoms with Crippen LogP contribution in [0.15, 0.2) is 9.98 Å². The average molecular weight is 491 g/mol. The van der Waals surface area contributed by atoms with Crippen LogP contribution in [0.3, 0.4) is 0 Å². The molecule has 182 valence electrons. The first-order chi connectivity index (χ1) is 15.4. The summed E-state index contributed by atoms with van der Waals surface area (Å²) in [6, 6.07) is 0.0524. The van der Waals surface area contributed by atoms with Crippen molar-refractivity contribution in [2.24, 2.45) is 9.98 Å². The van der Waals surface area contributed by atoms with Gasteiger partial charge in [-0.2, -0.15) is 0 Å². The van der Waals surface area contributed by atoms with Crippen molar-refractivity contribution < 1.29 is 29.5 Å². The Kier molecular flexibility index (Phi) is 8.25. The van der Waals surface area contributed by atoms with Gasteiger partial charge in [-0.25, -0.2) is 9.78 Å². The van der Waals surface area contributed by atoms with Crippen molar-refractivity contribution in [3.63, 3.8) is 0 Å². The number of ether oxygens (including phenoxy) is 2. The summed E-state index contributed by atoms with van der Waals surface area (Å²) >= 11 is 3.08. The minimum Gasteiger partial charge on any atom is -0.391 e. The van der Waals surface area contributed by atoms with Crippen molar-refractivity contribution in [3.8, 4) is 0 Å². The molecule has 0 aromatic heterocycles. The standard InChI is InChI=1S/C20H34N4O6S2/c1-5-21-19-23-11-7-13(26)16(28-17(11)31-19)10(4)29-30-14-8-12-18(27-15(14)9(3)25)32-20(24-12)22-6-2/h9-18,25-26H,5-8H2,1-4H3,(H,21,23)(H,22,24)/t9-,10+,11+,12+,13-,14-,15+,16+,17+,18+/m0/s1. The number of fused-ring (bicyclic) bond motifs is 2. The molecule has 32 heavy (non-hydrogen) atoms. The largest absolute Gasteiger partial charge is 0.391 e. The van der Waals surface area contributed by atoms with Gasteiger partial charge in [-0.3, -0.25) is 9.98 Å². The molecule has 4 aliphatic heterocycles. The zero-order valence-corrected chi connectivity index (χ0v) is 20.5. The van der Waals surface area contributed by atoms with E-state index < -0.39 is 36.6 Å². The third kappa shape index (κ3) is 5.38. The predicted molar refractivity (Wildman–Crippen MR) is 125 cm³/mol. The van der Waals surface area contributed by atoms with Crippen molar-refractivity contribution in [1.29, 1.82) is 0 Å². The molecule has 4 N–H and O–H groups in total. The van der Waals surface area contributed by atoms with E-state index >= 15 is 0 Å². The SMILES string of the molecule is CCN=C1N[C@@H]2C[C@H](OO[C@H](C)[C@H]3O[C@@H]4SC(=NCC)N[C@@H]4C[C@@H]3O)[C@@H]([C@H](C)O)O[C@@H]2S1. The number of hydrogen-bond acceptors (Lipinski definition) is 10. The van der Waals surface area contributed by atoms with E-state index in [0.29, 0.717) is 25.9 Å². The first kappa shape index (κ1) is 24.5. The molecule has 0 saturated carbocycles. The summed E-state index contributed by atoms with van der Waals surface area (Å²) in [5.74, 6) is 0. The molecule has 10 nitrogen and oxygen atoms in total. The zero-order chi connectivity index (χ0) is 22.8. The maximum absolute atomic E-state index is 10.6. The number of nitrogens with zero attached hydrogens (tertiary/aromatic N) is 2. The summed E-state index contributed by atoms with van der Waals surface area (Å²) in [6.45, 7) is 8.87. The van der Waals surface area contributed by atoms with Gasteiger partial charge in [0, 0.05) is 19.5 Å². The second-order valence-electron chi connectivity index (χ2n) is 8.45. The van der Waals surface area contributed by atoms with Crippen molar-refractivity contribution >= 4 is 33.9 Å². The van der Waals surface area contributed by atoms with E-state index in [1.54, 1.807) is 30.4 Å². The van der Waals surface area contributed by atoms with Gasteiger partial charge in [0.1, 0.15) is 35.3 Å². The smallest absolute Gasteiger partial charge is 0.159 e. The van der Waals surface area contributed by atoms with Crippen LogP contribution in [0.5, 0.6) is 0 Å². The van der Waals surface area contributed by atoms with Crippen LogP contribution < -0.4 is 10.6 Å². The van der Waals surface area contributed by atoms with E-state index in [4.69, 9.17) is 19.2 Å². The number of hydrogen-bond donors (Lipinski definition) is 4. The van der Waals surface area contributed by atoms with Crippen molar-refractivity contribution in [2.45, 2.75) is 100 Å². The first-order valence-electron chi connectivity index (χ1n) is 11.3. The van der Waals surface area contributed by atoms with Crippen LogP contribution >= 0.6 is 23.5 Å². The average Bonchev–Trinajstić information content (AvgIpc) is 3.33.